The van der Waals surface area contributed by atoms with Crippen LogP contribution >= 0.6 is 0 Å². The van der Waals surface area contributed by atoms with Crippen molar-refractivity contribution in [3.8, 4) is 34.5 Å². The van der Waals surface area contributed by atoms with Gasteiger partial charge in [-0.2, -0.15) is 0 Å². The molecule has 0 radical (unpaired) electrons. The molecule has 0 amide bonds. The van der Waals surface area contributed by atoms with Crippen molar-refractivity contribution in [2.75, 3.05) is 6.61 Å². The molecule has 0 aromatic heterocycles. The van der Waals surface area contributed by atoms with Crippen LogP contribution in [0.1, 0.15) is 31.8 Å². The number of carbonyl (C=O) groups excluding carboxylic acids is 2. The summed E-state index contributed by atoms with van der Waals surface area (Å²) in [5.74, 6) is -6.09. The molecule has 1 saturated heterocycles. The van der Waals surface area contributed by atoms with Gasteiger partial charge in [0.15, 0.2) is 29.1 Å². The van der Waals surface area contributed by atoms with Crippen molar-refractivity contribution in [2.45, 2.75) is 37.1 Å². The smallest absolute Gasteiger partial charge is 0.338 e. The van der Waals surface area contributed by atoms with E-state index in [0.29, 0.717) is 5.56 Å². The number of esters is 1. The van der Waals surface area contributed by atoms with Crippen LogP contribution in [0, 0.1) is 0 Å². The number of rotatable bonds is 6. The Morgan fingerprint density at radius 3 is 2.23 bits per heavy atom. The number of phenols is 6. The second kappa shape index (κ2) is 11.3. The first kappa shape index (κ1) is 29.5. The third kappa shape index (κ3) is 5.47. The van der Waals surface area contributed by atoms with Crippen LogP contribution in [-0.2, 0) is 20.6 Å². The molecule has 3 aromatic rings. The summed E-state index contributed by atoms with van der Waals surface area (Å²) < 4.78 is 16.6. The number of fused-ring (bicyclic) bond motifs is 1. The molecule has 0 saturated carbocycles. The van der Waals surface area contributed by atoms with Crippen molar-refractivity contribution >= 4 is 17.3 Å². The number of hydrogen-bond acceptors (Lipinski definition) is 14. The molecule has 9 N–H and O–H groups in total. The van der Waals surface area contributed by atoms with Crippen molar-refractivity contribution in [3.63, 3.8) is 0 Å². The third-order valence-electron chi connectivity index (χ3n) is 7.06. The first-order chi connectivity index (χ1) is 20.4. The Labute approximate surface area is 242 Å². The summed E-state index contributed by atoms with van der Waals surface area (Å²) in [7, 11) is 0. The summed E-state index contributed by atoms with van der Waals surface area (Å²) in [4.78, 5) is 26.3. The minimum atomic E-state index is -1.98. The molecule has 226 valence electrons. The van der Waals surface area contributed by atoms with Gasteiger partial charge in [-0.3, -0.25) is 4.79 Å². The van der Waals surface area contributed by atoms with Crippen LogP contribution < -0.4 is 0 Å². The van der Waals surface area contributed by atoms with E-state index in [-0.39, 0.29) is 34.6 Å². The van der Waals surface area contributed by atoms with Crippen LogP contribution in [0.25, 0.3) is 5.57 Å². The van der Waals surface area contributed by atoms with Crippen LogP contribution in [0.3, 0.4) is 0 Å². The maximum atomic E-state index is 13.6. The van der Waals surface area contributed by atoms with Crippen LogP contribution in [0.15, 0.2) is 54.3 Å². The van der Waals surface area contributed by atoms with Crippen molar-refractivity contribution in [1.82, 2.24) is 0 Å². The fourth-order valence-electron chi connectivity index (χ4n) is 4.97. The highest BCUT2D eigenvalue weighted by atomic mass is 16.7. The molecular formula is C29H26O14. The molecule has 0 bridgehead atoms. The minimum Gasteiger partial charge on any atom is -0.508 e. The van der Waals surface area contributed by atoms with Gasteiger partial charge >= 0.3 is 5.97 Å². The normalized spacial score (nSPS) is 23.5. The molecule has 14 nitrogen and oxygen atoms in total. The lowest BCUT2D eigenvalue weighted by molar-refractivity contribution is -0.289. The van der Waals surface area contributed by atoms with Crippen LogP contribution in [-0.4, -0.2) is 95.0 Å². The zero-order valence-corrected chi connectivity index (χ0v) is 22.0. The van der Waals surface area contributed by atoms with E-state index in [4.69, 9.17) is 14.2 Å². The highest BCUT2D eigenvalue weighted by Crippen LogP contribution is 2.41. The van der Waals surface area contributed by atoms with Gasteiger partial charge in [-0.15, -0.1) is 0 Å². The van der Waals surface area contributed by atoms with Gasteiger partial charge in [-0.25, -0.2) is 4.79 Å². The number of phenolic OH excluding ortho intramolecular Hbond substituents is 6. The first-order valence-corrected chi connectivity index (χ1v) is 12.8. The maximum absolute atomic E-state index is 13.6. The van der Waals surface area contributed by atoms with Gasteiger partial charge in [0, 0.05) is 18.1 Å². The van der Waals surface area contributed by atoms with Crippen LogP contribution in [0.5, 0.6) is 34.5 Å². The van der Waals surface area contributed by atoms with E-state index in [0.717, 1.165) is 18.2 Å². The fraction of sp³-hybridized carbons (Fsp3) is 0.241. The Morgan fingerprint density at radius 1 is 0.884 bits per heavy atom. The summed E-state index contributed by atoms with van der Waals surface area (Å²) in [5.41, 5.74) is 0.0828. The third-order valence-corrected chi connectivity index (χ3v) is 7.06. The number of Topliss-reactive ketones (excluding diaryl/α,β-unsaturated/α-hetero) is 1. The van der Waals surface area contributed by atoms with E-state index >= 15 is 0 Å². The molecule has 1 aliphatic heterocycles. The van der Waals surface area contributed by atoms with E-state index in [1.54, 1.807) is 6.07 Å². The standard InChI is InChI=1S/C29H26O14/c30-10-20-27(42-28(40)13-7-18(34)22(36)19(35)8-13)24(38)25(39)29(41-20)43-26-16(11-2-1-3-14(31)4-11)6-12-5-15(32)9-17(33)21(12)23(26)37/h1-5,7-9,20,24-25,27,29-36,38-39H,6,10H2/t20-,24-,25-,27-,29+/m0/s1. The van der Waals surface area contributed by atoms with E-state index in [1.165, 1.54) is 24.3 Å². The van der Waals surface area contributed by atoms with Gasteiger partial charge in [-0.05, 0) is 41.5 Å². The van der Waals surface area contributed by atoms with Gasteiger partial charge in [-0.1, -0.05) is 12.1 Å². The topological polar surface area (TPSA) is 244 Å². The van der Waals surface area contributed by atoms with Gasteiger partial charge < -0.3 is 60.2 Å². The van der Waals surface area contributed by atoms with E-state index in [2.05, 4.69) is 0 Å². The molecule has 3 aromatic carbocycles. The molecule has 1 heterocycles. The number of aliphatic hydroxyl groups is 3. The number of benzene rings is 3. The average Bonchev–Trinajstić information content (AvgIpc) is 2.95. The van der Waals surface area contributed by atoms with Gasteiger partial charge in [0.25, 0.3) is 0 Å². The first-order valence-electron chi connectivity index (χ1n) is 12.8. The number of allylic oxidation sites excluding steroid dienone is 2. The second-order valence-corrected chi connectivity index (χ2v) is 9.92. The monoisotopic (exact) mass is 598 g/mol. The molecule has 0 spiro atoms. The zero-order valence-electron chi connectivity index (χ0n) is 22.0. The molecule has 5 rings (SSSR count). The van der Waals surface area contributed by atoms with Crippen molar-refractivity contribution in [1.29, 1.82) is 0 Å². The molecule has 43 heavy (non-hydrogen) atoms. The number of aliphatic hydroxyl groups excluding tert-OH is 3. The van der Waals surface area contributed by atoms with E-state index in [9.17, 15) is 55.5 Å². The summed E-state index contributed by atoms with van der Waals surface area (Å²) in [6.07, 6.45) is -9.07. The van der Waals surface area contributed by atoms with Crippen molar-refractivity contribution in [2.24, 2.45) is 0 Å². The fourth-order valence-corrected chi connectivity index (χ4v) is 4.97. The summed E-state index contributed by atoms with van der Waals surface area (Å²) >= 11 is 0. The predicted molar refractivity (Wildman–Crippen MR) is 142 cm³/mol. The molecule has 0 unspecified atom stereocenters. The Balaban J connectivity index is 1.45. The van der Waals surface area contributed by atoms with Crippen molar-refractivity contribution in [3.05, 3.63) is 76.5 Å². The van der Waals surface area contributed by atoms with Gasteiger partial charge in [0.2, 0.25) is 12.1 Å². The number of carbonyl (C=O) groups is 2. The largest absolute Gasteiger partial charge is 0.508 e. The lowest BCUT2D eigenvalue weighted by Gasteiger charge is -2.41. The lowest BCUT2D eigenvalue weighted by atomic mass is 9.85. The number of aromatic hydroxyl groups is 6. The maximum Gasteiger partial charge on any atom is 0.338 e. The summed E-state index contributed by atoms with van der Waals surface area (Å²) in [6.45, 7) is -0.872. The Morgan fingerprint density at radius 2 is 1.58 bits per heavy atom. The molecule has 1 fully saturated rings. The Bertz CT molecular complexity index is 1600. The number of ketones is 1. The van der Waals surface area contributed by atoms with Gasteiger partial charge in [0.1, 0.15) is 35.6 Å². The summed E-state index contributed by atoms with van der Waals surface area (Å²) in [5, 5.41) is 91.0. The Hall–Kier alpha value is -5.02. The molecule has 2 aliphatic rings. The predicted octanol–water partition coefficient (Wildman–Crippen LogP) is 0.751. The quantitative estimate of drug-likeness (QED) is 0.140. The average molecular weight is 599 g/mol. The molecular weight excluding hydrogens is 572 g/mol. The van der Waals surface area contributed by atoms with Gasteiger partial charge in [0.05, 0.1) is 17.7 Å². The zero-order chi connectivity index (χ0) is 31.2. The number of hydrogen-bond donors (Lipinski definition) is 9. The van der Waals surface area contributed by atoms with Crippen LogP contribution in [0.2, 0.25) is 0 Å². The summed E-state index contributed by atoms with van der Waals surface area (Å²) in [6, 6.07) is 9.56. The van der Waals surface area contributed by atoms with E-state index < -0.39 is 83.4 Å². The molecule has 1 aliphatic carbocycles. The molecule has 14 heteroatoms. The number of ether oxygens (including phenoxy) is 3. The minimum absolute atomic E-state index is 0.0802. The van der Waals surface area contributed by atoms with E-state index in [1.807, 2.05) is 0 Å². The Kier molecular flexibility index (Phi) is 7.77. The van der Waals surface area contributed by atoms with Crippen LogP contribution in [0.4, 0.5) is 0 Å². The highest BCUT2D eigenvalue weighted by molar-refractivity contribution is 6.16. The second-order valence-electron chi connectivity index (χ2n) is 9.92. The SMILES string of the molecule is O=C(O[C@@H]1[C@@H](O)[C@H](O)[C@@H](OC2=C(c3cccc(O)c3)Cc3cc(O)cc(O)c3C2=O)O[C@H]1CO)c1cc(O)c(O)c(O)c1. The highest BCUT2D eigenvalue weighted by Gasteiger charge is 2.49. The van der Waals surface area contributed by atoms with Crippen molar-refractivity contribution < 1.29 is 69.8 Å². The molecule has 5 atom stereocenters. The lowest BCUT2D eigenvalue weighted by Crippen LogP contribution is -2.60.